The highest BCUT2D eigenvalue weighted by Crippen LogP contribution is 2.30. The Morgan fingerprint density at radius 3 is 2.90 bits per heavy atom. The number of benzene rings is 1. The van der Waals surface area contributed by atoms with E-state index in [-0.39, 0.29) is 10.6 Å². The molecule has 1 aromatic carbocycles. The van der Waals surface area contributed by atoms with Crippen LogP contribution in [-0.4, -0.2) is 12.9 Å². The molecule has 0 saturated heterocycles. The van der Waals surface area contributed by atoms with Crippen LogP contribution in [0.3, 0.4) is 0 Å². The average molecular weight is 310 g/mol. The molecular formula is C14H9ClFNO2S. The summed E-state index contributed by atoms with van der Waals surface area (Å²) in [6.45, 7) is 0. The van der Waals surface area contributed by atoms with Crippen molar-refractivity contribution in [1.82, 2.24) is 0 Å². The van der Waals surface area contributed by atoms with E-state index in [4.69, 9.17) is 16.3 Å². The second kappa shape index (κ2) is 6.04. The Morgan fingerprint density at radius 2 is 2.30 bits per heavy atom. The van der Waals surface area contributed by atoms with Crippen LogP contribution in [0.5, 0.6) is 5.75 Å². The first kappa shape index (κ1) is 14.5. The van der Waals surface area contributed by atoms with Crippen molar-refractivity contribution >= 4 is 28.7 Å². The van der Waals surface area contributed by atoms with Gasteiger partial charge in [-0.25, -0.2) is 4.39 Å². The summed E-state index contributed by atoms with van der Waals surface area (Å²) in [6.07, 6.45) is 0. The first-order valence-electron chi connectivity index (χ1n) is 5.58. The topological polar surface area (TPSA) is 50.1 Å². The summed E-state index contributed by atoms with van der Waals surface area (Å²) >= 11 is 6.83. The summed E-state index contributed by atoms with van der Waals surface area (Å²) in [5.41, 5.74) is -0.0163. The number of ether oxygens (including phenoxy) is 1. The molecule has 1 atom stereocenters. The van der Waals surface area contributed by atoms with Crippen LogP contribution in [0, 0.1) is 17.1 Å². The second-order valence-corrected chi connectivity index (χ2v) is 5.24. The van der Waals surface area contributed by atoms with Crippen LogP contribution < -0.4 is 4.74 Å². The molecule has 3 nitrogen and oxygen atoms in total. The lowest BCUT2D eigenvalue weighted by Crippen LogP contribution is -2.11. The largest absolute Gasteiger partial charge is 0.496 e. The van der Waals surface area contributed by atoms with Gasteiger partial charge in [0.2, 0.25) is 0 Å². The van der Waals surface area contributed by atoms with Crippen molar-refractivity contribution in [3.63, 3.8) is 0 Å². The molecule has 0 spiro atoms. The van der Waals surface area contributed by atoms with Crippen LogP contribution in [0.1, 0.15) is 21.2 Å². The van der Waals surface area contributed by atoms with E-state index in [0.717, 1.165) is 11.3 Å². The summed E-state index contributed by atoms with van der Waals surface area (Å²) in [5, 5.41) is 10.7. The minimum absolute atomic E-state index is 0.0163. The Kier molecular flexibility index (Phi) is 4.38. The maximum atomic E-state index is 13.9. The van der Waals surface area contributed by atoms with E-state index >= 15 is 0 Å². The van der Waals surface area contributed by atoms with Crippen LogP contribution in [0.4, 0.5) is 4.39 Å². The summed E-state index contributed by atoms with van der Waals surface area (Å²) < 4.78 is 18.9. The Labute approximate surface area is 124 Å². The lowest BCUT2D eigenvalue weighted by atomic mass is 9.95. The van der Waals surface area contributed by atoms with Gasteiger partial charge in [-0.05, 0) is 6.07 Å². The number of Topliss-reactive ketones (excluding diaryl/α,β-unsaturated/α-hetero) is 1. The van der Waals surface area contributed by atoms with Crippen LogP contribution in [-0.2, 0) is 0 Å². The maximum absolute atomic E-state index is 13.9. The number of carbonyl (C=O) groups excluding carboxylic acids is 1. The second-order valence-electron chi connectivity index (χ2n) is 3.92. The molecule has 1 heterocycles. The van der Waals surface area contributed by atoms with Gasteiger partial charge in [0.1, 0.15) is 17.5 Å². The number of hydrogen-bond acceptors (Lipinski definition) is 4. The zero-order valence-electron chi connectivity index (χ0n) is 10.4. The average Bonchev–Trinajstić information content (AvgIpc) is 2.93. The van der Waals surface area contributed by atoms with Gasteiger partial charge in [-0.1, -0.05) is 23.7 Å². The predicted molar refractivity (Wildman–Crippen MR) is 75.0 cm³/mol. The minimum Gasteiger partial charge on any atom is -0.496 e. The third-order valence-corrected chi connectivity index (χ3v) is 3.95. The highest BCUT2D eigenvalue weighted by atomic mass is 35.5. The molecule has 0 bridgehead atoms. The maximum Gasteiger partial charge on any atom is 0.194 e. The van der Waals surface area contributed by atoms with Crippen molar-refractivity contribution in [2.45, 2.75) is 5.92 Å². The lowest BCUT2D eigenvalue weighted by molar-refractivity contribution is 0.0981. The molecule has 6 heteroatoms. The molecule has 0 fully saturated rings. The molecule has 1 unspecified atom stereocenters. The van der Waals surface area contributed by atoms with E-state index in [0.29, 0.717) is 10.6 Å². The van der Waals surface area contributed by atoms with E-state index in [2.05, 4.69) is 0 Å². The Morgan fingerprint density at radius 1 is 1.55 bits per heavy atom. The minimum atomic E-state index is -1.22. The molecule has 0 aliphatic heterocycles. The molecular weight excluding hydrogens is 301 g/mol. The SMILES string of the molecule is COc1csc(C(=O)C(C#N)c2cccc(Cl)c2F)c1. The molecule has 0 amide bonds. The first-order chi connectivity index (χ1) is 9.58. The number of methoxy groups -OCH3 is 1. The standard InChI is InChI=1S/C14H9ClFNO2S/c1-19-8-5-12(20-7-8)14(18)10(6-17)9-3-2-4-11(15)13(9)16/h2-5,7,10H,1H3. The number of carbonyl (C=O) groups is 1. The zero-order chi connectivity index (χ0) is 14.7. The quantitative estimate of drug-likeness (QED) is 0.801. The monoisotopic (exact) mass is 309 g/mol. The fraction of sp³-hybridized carbons (Fsp3) is 0.143. The van der Waals surface area contributed by atoms with Gasteiger partial charge >= 0.3 is 0 Å². The number of hydrogen-bond donors (Lipinski definition) is 0. The van der Waals surface area contributed by atoms with Gasteiger partial charge in [0.25, 0.3) is 0 Å². The van der Waals surface area contributed by atoms with Gasteiger partial charge in [0.15, 0.2) is 5.78 Å². The first-order valence-corrected chi connectivity index (χ1v) is 6.84. The van der Waals surface area contributed by atoms with E-state index < -0.39 is 17.5 Å². The van der Waals surface area contributed by atoms with Gasteiger partial charge in [0.05, 0.1) is 23.1 Å². The summed E-state index contributed by atoms with van der Waals surface area (Å²) in [4.78, 5) is 12.6. The molecule has 0 radical (unpaired) electrons. The predicted octanol–water partition coefficient (Wildman–Crippen LogP) is 4.04. The van der Waals surface area contributed by atoms with Gasteiger partial charge in [-0.2, -0.15) is 5.26 Å². The fourth-order valence-electron chi connectivity index (χ4n) is 1.71. The Hall–Kier alpha value is -1.90. The van der Waals surface area contributed by atoms with Crippen LogP contribution in [0.25, 0.3) is 0 Å². The smallest absolute Gasteiger partial charge is 0.194 e. The van der Waals surface area contributed by atoms with Crippen LogP contribution >= 0.6 is 22.9 Å². The zero-order valence-corrected chi connectivity index (χ0v) is 12.0. The molecule has 0 aliphatic rings. The highest BCUT2D eigenvalue weighted by Gasteiger charge is 2.26. The fourth-order valence-corrected chi connectivity index (χ4v) is 2.72. The molecule has 1 aromatic heterocycles. The van der Waals surface area contributed by atoms with Gasteiger partial charge < -0.3 is 4.74 Å². The van der Waals surface area contributed by atoms with Gasteiger partial charge in [-0.15, -0.1) is 11.3 Å². The molecule has 0 aliphatic carbocycles. The third kappa shape index (κ3) is 2.67. The Bertz CT molecular complexity index is 693. The van der Waals surface area contributed by atoms with E-state index in [1.165, 1.54) is 31.4 Å². The van der Waals surface area contributed by atoms with Crippen LogP contribution in [0.15, 0.2) is 29.6 Å². The number of halogens is 2. The number of rotatable bonds is 4. The molecule has 2 rings (SSSR count). The van der Waals surface area contributed by atoms with Crippen molar-refractivity contribution in [3.05, 3.63) is 50.9 Å². The summed E-state index contributed by atoms with van der Waals surface area (Å²) in [6, 6.07) is 7.62. The molecule has 2 aromatic rings. The van der Waals surface area contributed by atoms with E-state index in [9.17, 15) is 14.4 Å². The van der Waals surface area contributed by atoms with Crippen LogP contribution in [0.2, 0.25) is 5.02 Å². The Balaban J connectivity index is 2.40. The highest BCUT2D eigenvalue weighted by molar-refractivity contribution is 7.12. The van der Waals surface area contributed by atoms with Gasteiger partial charge in [-0.3, -0.25) is 4.79 Å². The number of nitrogens with zero attached hydrogens (tertiary/aromatic N) is 1. The van der Waals surface area contributed by atoms with E-state index in [1.54, 1.807) is 5.38 Å². The van der Waals surface area contributed by atoms with Crippen molar-refractivity contribution in [2.24, 2.45) is 0 Å². The number of nitriles is 1. The summed E-state index contributed by atoms with van der Waals surface area (Å²) in [7, 11) is 1.48. The molecule has 0 saturated carbocycles. The number of thiophene rings is 1. The summed E-state index contributed by atoms with van der Waals surface area (Å²) in [5.74, 6) is -1.90. The van der Waals surface area contributed by atoms with Crippen molar-refractivity contribution in [3.8, 4) is 11.8 Å². The van der Waals surface area contributed by atoms with E-state index in [1.807, 2.05) is 6.07 Å². The molecule has 102 valence electrons. The number of ketones is 1. The molecule has 20 heavy (non-hydrogen) atoms. The van der Waals surface area contributed by atoms with Gasteiger partial charge in [0, 0.05) is 17.0 Å². The lowest BCUT2D eigenvalue weighted by Gasteiger charge is -2.09. The van der Waals surface area contributed by atoms with Crippen molar-refractivity contribution < 1.29 is 13.9 Å². The van der Waals surface area contributed by atoms with Crippen molar-refractivity contribution in [1.29, 1.82) is 5.26 Å². The molecule has 0 N–H and O–H groups in total. The normalized spacial score (nSPS) is 11.7. The van der Waals surface area contributed by atoms with Crippen molar-refractivity contribution in [2.75, 3.05) is 7.11 Å². The third-order valence-electron chi connectivity index (χ3n) is 2.74.